The van der Waals surface area contributed by atoms with E-state index in [1.165, 1.54) is 6.08 Å². The van der Waals surface area contributed by atoms with Crippen molar-refractivity contribution in [2.75, 3.05) is 5.75 Å². The third kappa shape index (κ3) is 10.8. The summed E-state index contributed by atoms with van der Waals surface area (Å²) in [5.41, 5.74) is 0. The van der Waals surface area contributed by atoms with Crippen molar-refractivity contribution in [1.29, 1.82) is 0 Å². The maximum atomic E-state index is 9.79. The summed E-state index contributed by atoms with van der Waals surface area (Å²) < 4.78 is 29.4. The molecule has 0 radical (unpaired) electrons. The van der Waals surface area contributed by atoms with E-state index in [1.54, 1.807) is 0 Å². The molecule has 0 aromatic carbocycles. The van der Waals surface area contributed by atoms with Crippen LogP contribution in [-0.2, 0) is 10.1 Å². The minimum Gasteiger partial charge on any atom is -0.748 e. The third-order valence-electron chi connectivity index (χ3n) is 1.18. The molecule has 4 nitrogen and oxygen atoms in total. The van der Waals surface area contributed by atoms with Gasteiger partial charge in [0.05, 0.1) is 10.1 Å². The number of H-pyrrole nitrogens is 1. The van der Waals surface area contributed by atoms with Gasteiger partial charge in [-0.15, -0.1) is 6.58 Å². The Kier molecular flexibility index (Phi) is 6.61. The summed E-state index contributed by atoms with van der Waals surface area (Å²) >= 11 is 0. The largest absolute Gasteiger partial charge is 0.748 e. The molecule has 78 valence electrons. The van der Waals surface area contributed by atoms with Gasteiger partial charge < -0.3 is 4.55 Å². The molecule has 0 aliphatic rings. The summed E-state index contributed by atoms with van der Waals surface area (Å²) in [5, 5.41) is 0. The molecule has 14 heavy (non-hydrogen) atoms. The van der Waals surface area contributed by atoms with Gasteiger partial charge in [-0.2, -0.15) is 0 Å². The first-order chi connectivity index (χ1) is 6.56. The first-order valence-corrected chi connectivity index (χ1v) is 5.59. The van der Waals surface area contributed by atoms with Crippen LogP contribution in [0.3, 0.4) is 0 Å². The molecule has 1 rings (SSSR count). The molecule has 0 aliphatic heterocycles. The average Bonchev–Trinajstić information content (AvgIpc) is 2.17. The minimum absolute atomic E-state index is 0.242. The van der Waals surface area contributed by atoms with Crippen LogP contribution in [0.4, 0.5) is 0 Å². The van der Waals surface area contributed by atoms with Gasteiger partial charge in [-0.25, -0.2) is 13.4 Å². The van der Waals surface area contributed by atoms with Crippen LogP contribution in [0.15, 0.2) is 43.2 Å². The van der Waals surface area contributed by atoms with E-state index in [0.29, 0.717) is 0 Å². The fraction of sp³-hybridized carbons (Fsp3) is 0.222. The lowest BCUT2D eigenvalue weighted by molar-refractivity contribution is -0.377. The van der Waals surface area contributed by atoms with Crippen molar-refractivity contribution >= 4 is 10.1 Å². The van der Waals surface area contributed by atoms with Gasteiger partial charge >= 0.3 is 0 Å². The zero-order valence-corrected chi connectivity index (χ0v) is 8.53. The molecule has 0 saturated heterocycles. The maximum absolute atomic E-state index is 9.79. The molecule has 5 heteroatoms. The topological polar surface area (TPSA) is 71.3 Å². The van der Waals surface area contributed by atoms with Crippen LogP contribution in [0.5, 0.6) is 0 Å². The van der Waals surface area contributed by atoms with E-state index in [9.17, 15) is 13.0 Å². The first kappa shape index (κ1) is 12.8. The summed E-state index contributed by atoms with van der Waals surface area (Å²) in [6.07, 6.45) is 5.39. The molecule has 0 amide bonds. The van der Waals surface area contributed by atoms with Crippen molar-refractivity contribution in [2.45, 2.75) is 6.42 Å². The number of aromatic nitrogens is 1. The van der Waals surface area contributed by atoms with Gasteiger partial charge in [0.1, 0.15) is 0 Å². The number of pyridine rings is 1. The molecule has 0 saturated carbocycles. The fourth-order valence-electron chi connectivity index (χ4n) is 0.570. The molecule has 0 spiro atoms. The normalized spacial score (nSPS) is 9.79. The maximum Gasteiger partial charge on any atom is 0.166 e. The lowest BCUT2D eigenvalue weighted by Crippen LogP contribution is -2.02. The van der Waals surface area contributed by atoms with Crippen molar-refractivity contribution in [3.05, 3.63) is 43.2 Å². The zero-order chi connectivity index (χ0) is 10.9. The van der Waals surface area contributed by atoms with Crippen molar-refractivity contribution < 1.29 is 18.0 Å². The van der Waals surface area contributed by atoms with Crippen LogP contribution in [0, 0.1) is 0 Å². The molecule has 0 fully saturated rings. The first-order valence-electron chi connectivity index (χ1n) is 4.02. The highest BCUT2D eigenvalue weighted by Crippen LogP contribution is 1.86. The monoisotopic (exact) mass is 215 g/mol. The molecule has 0 unspecified atom stereocenters. The van der Waals surface area contributed by atoms with Crippen molar-refractivity contribution in [3.8, 4) is 0 Å². The predicted molar refractivity (Wildman–Crippen MR) is 52.4 cm³/mol. The Hall–Kier alpha value is -1.20. The standard InChI is InChI=1S/C5H5N.C4H8O3S/c1-2-4-6-5-3-1;1-2-3-4-8(5,6)7/h1-5H;2H,1,3-4H2,(H,5,6,7). The number of allylic oxidation sites excluding steroid dienone is 1. The Labute approximate surface area is 84.1 Å². The fourth-order valence-corrected chi connectivity index (χ4v) is 1.02. The van der Waals surface area contributed by atoms with Crippen LogP contribution < -0.4 is 4.98 Å². The van der Waals surface area contributed by atoms with E-state index < -0.39 is 10.1 Å². The average molecular weight is 215 g/mol. The minimum atomic E-state index is -4.01. The van der Waals surface area contributed by atoms with Crippen molar-refractivity contribution in [2.24, 2.45) is 0 Å². The second-order valence-electron chi connectivity index (χ2n) is 2.42. The van der Waals surface area contributed by atoms with Crippen molar-refractivity contribution in [1.82, 2.24) is 0 Å². The van der Waals surface area contributed by atoms with Crippen LogP contribution in [0.1, 0.15) is 6.42 Å². The number of hydrogen-bond donors (Lipinski definition) is 0. The van der Waals surface area contributed by atoms with Crippen LogP contribution >= 0.6 is 0 Å². The molecule has 1 aromatic rings. The molecule has 1 aromatic heterocycles. The molecule has 0 aliphatic carbocycles. The zero-order valence-electron chi connectivity index (χ0n) is 7.72. The van der Waals surface area contributed by atoms with Crippen LogP contribution in [-0.4, -0.2) is 18.7 Å². The molecule has 1 N–H and O–H groups in total. The molecular weight excluding hydrogens is 202 g/mol. The second-order valence-corrected chi connectivity index (χ2v) is 3.94. The predicted octanol–water partition coefficient (Wildman–Crippen LogP) is 0.608. The van der Waals surface area contributed by atoms with Crippen molar-refractivity contribution in [3.63, 3.8) is 0 Å². The third-order valence-corrected chi connectivity index (χ3v) is 1.91. The number of rotatable bonds is 3. The number of nitrogens with one attached hydrogen (secondary N) is 1. The smallest absolute Gasteiger partial charge is 0.166 e. The van der Waals surface area contributed by atoms with E-state index in [2.05, 4.69) is 11.6 Å². The molecule has 0 bridgehead atoms. The second kappa shape index (κ2) is 7.23. The SMILES string of the molecule is C=CCCS(=O)(=O)[O-].c1cc[nH+]cc1. The van der Waals surface area contributed by atoms with E-state index >= 15 is 0 Å². The molecule has 0 atom stereocenters. The summed E-state index contributed by atoms with van der Waals surface area (Å²) in [6, 6.07) is 5.86. The van der Waals surface area contributed by atoms with E-state index in [-0.39, 0.29) is 12.2 Å². The highest BCUT2D eigenvalue weighted by atomic mass is 32.2. The Balaban J connectivity index is 0.000000249. The van der Waals surface area contributed by atoms with Crippen LogP contribution in [0.25, 0.3) is 0 Å². The van der Waals surface area contributed by atoms with Gasteiger partial charge in [-0.1, -0.05) is 12.1 Å². The Bertz CT molecular complexity index is 308. The summed E-state index contributed by atoms with van der Waals surface area (Å²) in [7, 11) is -4.01. The summed E-state index contributed by atoms with van der Waals surface area (Å²) in [4.78, 5) is 2.89. The van der Waals surface area contributed by atoms with Gasteiger partial charge in [0.15, 0.2) is 12.4 Å². The van der Waals surface area contributed by atoms with Gasteiger partial charge in [0.25, 0.3) is 0 Å². The Morgan fingerprint density at radius 3 is 2.00 bits per heavy atom. The molecule has 1 heterocycles. The summed E-state index contributed by atoms with van der Waals surface area (Å²) in [6.45, 7) is 3.26. The Morgan fingerprint density at radius 2 is 1.86 bits per heavy atom. The van der Waals surface area contributed by atoms with E-state index in [0.717, 1.165) is 0 Å². The summed E-state index contributed by atoms with van der Waals surface area (Å²) in [5.74, 6) is -0.337. The number of hydrogen-bond acceptors (Lipinski definition) is 3. The van der Waals surface area contributed by atoms with Gasteiger partial charge in [0.2, 0.25) is 0 Å². The van der Waals surface area contributed by atoms with E-state index in [1.807, 2.05) is 30.6 Å². The quantitative estimate of drug-likeness (QED) is 0.547. The number of aromatic amines is 1. The highest BCUT2D eigenvalue weighted by Gasteiger charge is 1.88. The lowest BCUT2D eigenvalue weighted by atomic mass is 10.5. The molecular formula is C9H13NO3S. The van der Waals surface area contributed by atoms with E-state index in [4.69, 9.17) is 0 Å². The highest BCUT2D eigenvalue weighted by molar-refractivity contribution is 7.85. The van der Waals surface area contributed by atoms with Gasteiger partial charge in [0, 0.05) is 17.9 Å². The van der Waals surface area contributed by atoms with Gasteiger partial charge in [-0.3, -0.25) is 0 Å². The van der Waals surface area contributed by atoms with Crippen LogP contribution in [0.2, 0.25) is 0 Å². The lowest BCUT2D eigenvalue weighted by Gasteiger charge is -2.01. The Morgan fingerprint density at radius 1 is 1.29 bits per heavy atom. The van der Waals surface area contributed by atoms with Gasteiger partial charge in [-0.05, 0) is 6.42 Å².